The minimum atomic E-state index is -0.700. The number of rotatable bonds is 7. The van der Waals surface area contributed by atoms with Crippen molar-refractivity contribution in [3.8, 4) is 0 Å². The van der Waals surface area contributed by atoms with Crippen molar-refractivity contribution in [2.75, 3.05) is 50.7 Å². The fourth-order valence-electron chi connectivity index (χ4n) is 4.25. The molecule has 1 atom stereocenters. The first-order valence-electron chi connectivity index (χ1n) is 11.7. The average Bonchev–Trinajstić information content (AvgIpc) is 3.21. The number of aliphatic imine (C=N–C) groups is 1. The molecule has 9 nitrogen and oxygen atoms in total. The van der Waals surface area contributed by atoms with Crippen LogP contribution in [0.15, 0.2) is 71.7 Å². The van der Waals surface area contributed by atoms with Crippen molar-refractivity contribution in [2.24, 2.45) is 4.99 Å². The van der Waals surface area contributed by atoms with Gasteiger partial charge in [0.15, 0.2) is 0 Å². The van der Waals surface area contributed by atoms with E-state index in [0.717, 1.165) is 5.56 Å². The number of fused-ring (bicyclic) bond motifs is 1. The maximum absolute atomic E-state index is 13.2. The zero-order valence-electron chi connectivity index (χ0n) is 21.2. The van der Waals surface area contributed by atoms with E-state index in [1.54, 1.807) is 48.3 Å². The van der Waals surface area contributed by atoms with E-state index in [0.29, 0.717) is 39.6 Å². The van der Waals surface area contributed by atoms with Crippen LogP contribution in [0.1, 0.15) is 27.4 Å². The number of nitrogens with two attached hydrogens (primary N) is 1. The van der Waals surface area contributed by atoms with Crippen molar-refractivity contribution in [2.45, 2.75) is 5.92 Å². The topological polar surface area (TPSA) is 117 Å². The van der Waals surface area contributed by atoms with E-state index in [1.807, 2.05) is 44.4 Å². The Bertz CT molecular complexity index is 1380. The summed E-state index contributed by atoms with van der Waals surface area (Å²) in [5, 5.41) is 2.87. The number of anilines is 3. The molecule has 0 spiro atoms. The molecule has 4 rings (SSSR count). The third-order valence-corrected chi connectivity index (χ3v) is 6.10. The lowest BCUT2D eigenvalue weighted by molar-refractivity contribution is -0.119. The lowest BCUT2D eigenvalue weighted by Crippen LogP contribution is -2.35. The molecule has 1 aliphatic rings. The zero-order valence-corrected chi connectivity index (χ0v) is 21.2. The summed E-state index contributed by atoms with van der Waals surface area (Å²) in [4.78, 5) is 45.8. The minimum absolute atomic E-state index is 0.0940. The molecule has 3 aromatic carbocycles. The summed E-state index contributed by atoms with van der Waals surface area (Å²) in [5.41, 5.74) is 10.7. The molecular weight excluding hydrogens is 470 g/mol. The van der Waals surface area contributed by atoms with Gasteiger partial charge in [0.25, 0.3) is 0 Å². The number of hydrogen-bond donors (Lipinski definition) is 2. The molecule has 0 fully saturated rings. The zero-order chi connectivity index (χ0) is 26.7. The number of carbonyl (C=O) groups is 3. The summed E-state index contributed by atoms with van der Waals surface area (Å²) in [5.74, 6) is -1.53. The van der Waals surface area contributed by atoms with Crippen LogP contribution < -0.4 is 16.0 Å². The van der Waals surface area contributed by atoms with E-state index in [2.05, 4.69) is 5.32 Å². The van der Waals surface area contributed by atoms with Gasteiger partial charge in [0.1, 0.15) is 5.92 Å². The van der Waals surface area contributed by atoms with Crippen molar-refractivity contribution >= 4 is 46.2 Å². The van der Waals surface area contributed by atoms with Gasteiger partial charge in [0, 0.05) is 12.7 Å². The molecule has 3 N–H and O–H groups in total. The quantitative estimate of drug-likeness (QED) is 0.292. The number of nitrogens with zero attached hydrogens (tertiary/aromatic N) is 3. The minimum Gasteiger partial charge on any atom is -0.465 e. The molecule has 9 heteroatoms. The molecule has 0 radical (unpaired) electrons. The van der Waals surface area contributed by atoms with Crippen LogP contribution in [0.25, 0.3) is 0 Å². The van der Waals surface area contributed by atoms with Gasteiger partial charge in [-0.1, -0.05) is 36.4 Å². The first kappa shape index (κ1) is 25.6. The Balaban J connectivity index is 1.75. The largest absolute Gasteiger partial charge is 0.465 e. The van der Waals surface area contributed by atoms with Crippen molar-refractivity contribution in [1.29, 1.82) is 0 Å². The van der Waals surface area contributed by atoms with Crippen molar-refractivity contribution in [1.82, 2.24) is 4.90 Å². The summed E-state index contributed by atoms with van der Waals surface area (Å²) >= 11 is 0. The number of nitrogens with one attached hydrogen (secondary N) is 1. The molecule has 0 bridgehead atoms. The third-order valence-electron chi connectivity index (χ3n) is 6.10. The van der Waals surface area contributed by atoms with Gasteiger partial charge in [0.2, 0.25) is 11.8 Å². The standard InChI is InChI=1S/C28H29N5O4/c1-32(2)16-24(34)33(3)23-13-11-19(15-21(23)29)30-26(17-8-6-5-7-9-17)25-20-12-10-18(28(36)37-4)14-22(20)31-27(25)35/h5-15,25H,16,29H2,1-4H3,(H,31,35). The molecule has 0 aliphatic carbocycles. The Labute approximate surface area is 215 Å². The summed E-state index contributed by atoms with van der Waals surface area (Å²) in [6.45, 7) is 0.252. The van der Waals surface area contributed by atoms with Gasteiger partial charge < -0.3 is 25.6 Å². The van der Waals surface area contributed by atoms with Crippen LogP contribution in [0.5, 0.6) is 0 Å². The number of methoxy groups -OCH3 is 1. The van der Waals surface area contributed by atoms with Crippen molar-refractivity contribution in [3.05, 3.63) is 83.4 Å². The SMILES string of the molecule is COC(=O)c1ccc2c(c1)NC(=O)C2C(=Nc1ccc(N(C)C(=O)CN(C)C)c(N)c1)c1ccccc1. The van der Waals surface area contributed by atoms with Gasteiger partial charge in [0.05, 0.1) is 42.0 Å². The Morgan fingerprint density at radius 3 is 2.38 bits per heavy atom. The van der Waals surface area contributed by atoms with E-state index in [-0.39, 0.29) is 18.4 Å². The second kappa shape index (κ2) is 10.6. The Morgan fingerprint density at radius 2 is 1.73 bits per heavy atom. The molecule has 3 aromatic rings. The molecule has 0 saturated heterocycles. The number of esters is 1. The first-order valence-corrected chi connectivity index (χ1v) is 11.7. The smallest absolute Gasteiger partial charge is 0.337 e. The normalized spacial score (nSPS) is 14.8. The maximum atomic E-state index is 13.2. The number of nitrogen functional groups attached to an aromatic ring is 1. The predicted molar refractivity (Wildman–Crippen MR) is 145 cm³/mol. The molecule has 1 unspecified atom stereocenters. The van der Waals surface area contributed by atoms with Gasteiger partial charge in [-0.15, -0.1) is 0 Å². The van der Waals surface area contributed by atoms with Crippen LogP contribution in [0.3, 0.4) is 0 Å². The molecule has 2 amide bonds. The van der Waals surface area contributed by atoms with Gasteiger partial charge in [-0.25, -0.2) is 4.79 Å². The second-order valence-corrected chi connectivity index (χ2v) is 9.01. The van der Waals surface area contributed by atoms with Gasteiger partial charge in [-0.2, -0.15) is 0 Å². The number of benzene rings is 3. The van der Waals surface area contributed by atoms with E-state index >= 15 is 0 Å². The Hall–Kier alpha value is -4.50. The number of hydrogen-bond acceptors (Lipinski definition) is 7. The molecule has 0 saturated carbocycles. The lowest BCUT2D eigenvalue weighted by Gasteiger charge is -2.21. The van der Waals surface area contributed by atoms with Crippen LogP contribution in [0.4, 0.5) is 22.7 Å². The van der Waals surface area contributed by atoms with Crippen LogP contribution in [-0.4, -0.2) is 63.2 Å². The number of ether oxygens (including phenoxy) is 1. The highest BCUT2D eigenvalue weighted by atomic mass is 16.5. The highest BCUT2D eigenvalue weighted by Crippen LogP contribution is 2.37. The second-order valence-electron chi connectivity index (χ2n) is 9.01. The van der Waals surface area contributed by atoms with E-state index in [1.165, 1.54) is 12.0 Å². The van der Waals surface area contributed by atoms with Gasteiger partial charge in [-0.3, -0.25) is 14.6 Å². The van der Waals surface area contributed by atoms with Gasteiger partial charge in [-0.05, 0) is 55.6 Å². The Kier molecular flexibility index (Phi) is 7.35. The third kappa shape index (κ3) is 5.36. The molecule has 37 heavy (non-hydrogen) atoms. The van der Waals surface area contributed by atoms with Crippen molar-refractivity contribution in [3.63, 3.8) is 0 Å². The summed E-state index contributed by atoms with van der Waals surface area (Å²) in [7, 11) is 6.64. The number of likely N-dealkylation sites (N-methyl/N-ethyl adjacent to an activating group) is 2. The average molecular weight is 500 g/mol. The van der Waals surface area contributed by atoms with E-state index in [9.17, 15) is 14.4 Å². The fraction of sp³-hybridized carbons (Fsp3) is 0.214. The number of carbonyl (C=O) groups excluding carboxylic acids is 3. The number of amides is 2. The van der Waals surface area contributed by atoms with Crippen LogP contribution >= 0.6 is 0 Å². The van der Waals surface area contributed by atoms with Crippen LogP contribution in [-0.2, 0) is 14.3 Å². The Morgan fingerprint density at radius 1 is 1.00 bits per heavy atom. The maximum Gasteiger partial charge on any atom is 0.337 e. The van der Waals surface area contributed by atoms with E-state index in [4.69, 9.17) is 15.5 Å². The van der Waals surface area contributed by atoms with Crippen LogP contribution in [0.2, 0.25) is 0 Å². The molecule has 0 aromatic heterocycles. The highest BCUT2D eigenvalue weighted by Gasteiger charge is 2.36. The summed E-state index contributed by atoms with van der Waals surface area (Å²) in [6, 6.07) is 19.6. The fourth-order valence-corrected chi connectivity index (χ4v) is 4.25. The lowest BCUT2D eigenvalue weighted by atomic mass is 9.90. The van der Waals surface area contributed by atoms with Crippen molar-refractivity contribution < 1.29 is 19.1 Å². The predicted octanol–water partition coefficient (Wildman–Crippen LogP) is 3.44. The molecule has 1 aliphatic heterocycles. The van der Waals surface area contributed by atoms with Gasteiger partial charge >= 0.3 is 5.97 Å². The summed E-state index contributed by atoms with van der Waals surface area (Å²) < 4.78 is 4.80. The van der Waals surface area contributed by atoms with Crippen LogP contribution in [0, 0.1) is 0 Å². The molecule has 1 heterocycles. The summed E-state index contributed by atoms with van der Waals surface area (Å²) in [6.07, 6.45) is 0. The van der Waals surface area contributed by atoms with E-state index < -0.39 is 11.9 Å². The molecule has 190 valence electrons. The molecular formula is C28H29N5O4. The monoisotopic (exact) mass is 499 g/mol. The first-order chi connectivity index (χ1) is 17.7. The highest BCUT2D eigenvalue weighted by molar-refractivity contribution is 6.24.